The second kappa shape index (κ2) is 9.32. The molecule has 180 valence electrons. The lowest BCUT2D eigenvalue weighted by molar-refractivity contribution is -0.137. The topological polar surface area (TPSA) is 75.6 Å². The summed E-state index contributed by atoms with van der Waals surface area (Å²) in [5.74, 6) is -0.667. The van der Waals surface area contributed by atoms with Crippen LogP contribution in [-0.4, -0.2) is 37.9 Å². The maximum atomic E-state index is 13.1. The lowest BCUT2D eigenvalue weighted by Gasteiger charge is -2.29. The number of hydrogen-bond donors (Lipinski definition) is 1. The van der Waals surface area contributed by atoms with E-state index in [1.54, 1.807) is 18.2 Å². The Morgan fingerprint density at radius 2 is 1.68 bits per heavy atom. The third-order valence-corrected chi connectivity index (χ3v) is 8.36. The van der Waals surface area contributed by atoms with Crippen LogP contribution in [0.5, 0.6) is 0 Å². The molecule has 10 heteroatoms. The third kappa shape index (κ3) is 5.22. The Morgan fingerprint density at radius 3 is 2.32 bits per heavy atom. The van der Waals surface area contributed by atoms with Crippen LogP contribution in [0.1, 0.15) is 36.8 Å². The van der Waals surface area contributed by atoms with Gasteiger partial charge < -0.3 is 5.32 Å². The highest BCUT2D eigenvalue weighted by Crippen LogP contribution is 2.34. The highest BCUT2D eigenvalue weighted by Gasteiger charge is 2.36. The molecule has 0 atom stereocenters. The standard InChI is InChI=1S/C24H22F4N2O3S/c25-18-6-4-15(5-7-18)22-12-16(14-29-22)23(31)30-19-8-10-20(11-9-19)34(32,33)21-3-1-2-17(13-21)24(26,27)28/h1-7,12-13,19-20H,8-11,14H2,(H,30,31). The molecule has 0 aromatic heterocycles. The van der Waals surface area contributed by atoms with Crippen molar-refractivity contribution in [3.05, 3.63) is 77.1 Å². The fraction of sp³-hybridized carbons (Fsp3) is 0.333. The number of amides is 1. The summed E-state index contributed by atoms with van der Waals surface area (Å²) in [5, 5.41) is 2.10. The quantitative estimate of drug-likeness (QED) is 0.623. The van der Waals surface area contributed by atoms with Crippen LogP contribution in [-0.2, 0) is 20.8 Å². The van der Waals surface area contributed by atoms with Crippen LogP contribution in [0.2, 0.25) is 0 Å². The van der Waals surface area contributed by atoms with Crippen molar-refractivity contribution in [3.63, 3.8) is 0 Å². The minimum atomic E-state index is -4.62. The molecule has 2 aromatic carbocycles. The molecular weight excluding hydrogens is 472 g/mol. The Kier molecular flexibility index (Phi) is 6.62. The fourth-order valence-corrected chi connectivity index (χ4v) is 6.03. The molecule has 2 aromatic rings. The highest BCUT2D eigenvalue weighted by atomic mass is 32.2. The first-order valence-electron chi connectivity index (χ1n) is 10.8. The van der Waals surface area contributed by atoms with Gasteiger partial charge in [-0.15, -0.1) is 0 Å². The van der Waals surface area contributed by atoms with Gasteiger partial charge in [-0.3, -0.25) is 9.79 Å². The zero-order valence-corrected chi connectivity index (χ0v) is 18.8. The van der Waals surface area contributed by atoms with Crippen LogP contribution in [0, 0.1) is 5.82 Å². The highest BCUT2D eigenvalue weighted by molar-refractivity contribution is 7.92. The van der Waals surface area contributed by atoms with Gasteiger partial charge in [0.15, 0.2) is 9.84 Å². The Bertz CT molecular complexity index is 1240. The van der Waals surface area contributed by atoms with Crippen molar-refractivity contribution in [1.82, 2.24) is 5.32 Å². The molecule has 1 N–H and O–H groups in total. The number of alkyl halides is 3. The van der Waals surface area contributed by atoms with Gasteiger partial charge in [0.05, 0.1) is 28.0 Å². The number of nitrogens with zero attached hydrogens (tertiary/aromatic N) is 1. The van der Waals surface area contributed by atoms with Gasteiger partial charge in [-0.2, -0.15) is 13.2 Å². The summed E-state index contributed by atoms with van der Waals surface area (Å²) in [7, 11) is -3.92. The fourth-order valence-electron chi connectivity index (χ4n) is 4.20. The Morgan fingerprint density at radius 1 is 1.00 bits per heavy atom. The molecule has 34 heavy (non-hydrogen) atoms. The van der Waals surface area contributed by atoms with Crippen LogP contribution in [0.3, 0.4) is 0 Å². The second-order valence-electron chi connectivity index (χ2n) is 8.40. The first-order valence-corrected chi connectivity index (χ1v) is 12.3. The summed E-state index contributed by atoms with van der Waals surface area (Å²) in [5.41, 5.74) is 0.741. The summed E-state index contributed by atoms with van der Waals surface area (Å²) in [4.78, 5) is 16.6. The number of carbonyl (C=O) groups is 1. The molecule has 0 spiro atoms. The largest absolute Gasteiger partial charge is 0.416 e. The van der Waals surface area contributed by atoms with E-state index in [0.29, 0.717) is 35.8 Å². The van der Waals surface area contributed by atoms with Crippen molar-refractivity contribution in [2.75, 3.05) is 6.54 Å². The molecule has 1 aliphatic heterocycles. The van der Waals surface area contributed by atoms with Gasteiger partial charge in [-0.25, -0.2) is 12.8 Å². The molecule has 4 rings (SSSR count). The first-order chi connectivity index (χ1) is 16.0. The molecule has 1 aliphatic carbocycles. The number of allylic oxidation sites excluding steroid dienone is 1. The van der Waals surface area contributed by atoms with Crippen LogP contribution in [0.25, 0.3) is 0 Å². The van der Waals surface area contributed by atoms with E-state index in [1.165, 1.54) is 18.2 Å². The second-order valence-corrected chi connectivity index (χ2v) is 10.6. The lowest BCUT2D eigenvalue weighted by atomic mass is 9.94. The van der Waals surface area contributed by atoms with E-state index >= 15 is 0 Å². The molecule has 1 fully saturated rings. The predicted molar refractivity (Wildman–Crippen MR) is 119 cm³/mol. The van der Waals surface area contributed by atoms with Crippen molar-refractivity contribution >= 4 is 21.5 Å². The van der Waals surface area contributed by atoms with Gasteiger partial charge in [0.1, 0.15) is 5.82 Å². The van der Waals surface area contributed by atoms with Crippen molar-refractivity contribution < 1.29 is 30.8 Å². The lowest BCUT2D eigenvalue weighted by Crippen LogP contribution is -2.41. The van der Waals surface area contributed by atoms with E-state index in [1.807, 2.05) is 0 Å². The predicted octanol–water partition coefficient (Wildman–Crippen LogP) is 4.47. The summed E-state index contributed by atoms with van der Waals surface area (Å²) in [6.45, 7) is 0.192. The number of sulfone groups is 1. The monoisotopic (exact) mass is 494 g/mol. The van der Waals surface area contributed by atoms with Gasteiger partial charge in [-0.05, 0) is 79.8 Å². The molecule has 0 unspecified atom stereocenters. The molecule has 2 aliphatic rings. The van der Waals surface area contributed by atoms with Crippen molar-refractivity contribution in [2.45, 2.75) is 48.0 Å². The molecule has 0 saturated heterocycles. The SMILES string of the molecule is O=C(NC1CCC(S(=O)(=O)c2cccc(C(F)(F)F)c2)CC1)C1=CC(c2ccc(F)cc2)=NC1. The first kappa shape index (κ1) is 24.1. The van der Waals surface area contributed by atoms with E-state index in [9.17, 15) is 30.8 Å². The summed E-state index contributed by atoms with van der Waals surface area (Å²) < 4.78 is 77.8. The van der Waals surface area contributed by atoms with Crippen LogP contribution in [0.4, 0.5) is 17.6 Å². The molecule has 1 amide bonds. The van der Waals surface area contributed by atoms with Gasteiger partial charge >= 0.3 is 6.18 Å². The van der Waals surface area contributed by atoms with E-state index in [-0.39, 0.29) is 42.0 Å². The number of hydrogen-bond acceptors (Lipinski definition) is 4. The van der Waals surface area contributed by atoms with Crippen molar-refractivity contribution in [2.24, 2.45) is 4.99 Å². The number of halogens is 4. The van der Waals surface area contributed by atoms with Crippen LogP contribution in [0.15, 0.2) is 70.1 Å². The van der Waals surface area contributed by atoms with Crippen LogP contribution >= 0.6 is 0 Å². The number of benzene rings is 2. The summed E-state index contributed by atoms with van der Waals surface area (Å²) >= 11 is 0. The van der Waals surface area contributed by atoms with Crippen molar-refractivity contribution in [1.29, 1.82) is 0 Å². The number of carbonyl (C=O) groups excluding carboxylic acids is 1. The molecule has 0 radical (unpaired) electrons. The van der Waals surface area contributed by atoms with Crippen LogP contribution < -0.4 is 5.32 Å². The Hall–Kier alpha value is -3.01. The van der Waals surface area contributed by atoms with Gasteiger partial charge in [0, 0.05) is 11.6 Å². The van der Waals surface area contributed by atoms with E-state index in [0.717, 1.165) is 12.1 Å². The molecular formula is C24H22F4N2O3S. The number of nitrogens with one attached hydrogen (secondary N) is 1. The maximum Gasteiger partial charge on any atom is 0.416 e. The minimum Gasteiger partial charge on any atom is -0.350 e. The zero-order chi connectivity index (χ0) is 24.5. The smallest absolute Gasteiger partial charge is 0.350 e. The van der Waals surface area contributed by atoms with E-state index < -0.39 is 26.8 Å². The van der Waals surface area contributed by atoms with Gasteiger partial charge in [0.2, 0.25) is 5.91 Å². The summed E-state index contributed by atoms with van der Waals surface area (Å²) in [6.07, 6.45) is -1.71. The maximum absolute atomic E-state index is 13.1. The zero-order valence-electron chi connectivity index (χ0n) is 18.0. The number of aliphatic imine (C=N–C) groups is 1. The van der Waals surface area contributed by atoms with Crippen molar-refractivity contribution in [3.8, 4) is 0 Å². The Labute approximate surface area is 194 Å². The molecule has 5 nitrogen and oxygen atoms in total. The molecule has 0 bridgehead atoms. The average molecular weight is 495 g/mol. The molecule has 1 saturated carbocycles. The Balaban J connectivity index is 1.35. The van der Waals surface area contributed by atoms with Gasteiger partial charge in [-0.1, -0.05) is 6.07 Å². The van der Waals surface area contributed by atoms with Gasteiger partial charge in [0.25, 0.3) is 0 Å². The summed E-state index contributed by atoms with van der Waals surface area (Å²) in [6, 6.07) is 9.35. The van der Waals surface area contributed by atoms with E-state index in [4.69, 9.17) is 0 Å². The normalized spacial score (nSPS) is 21.1. The molecule has 1 heterocycles. The minimum absolute atomic E-state index is 0.192. The number of rotatable bonds is 5. The average Bonchev–Trinajstić information content (AvgIpc) is 3.30. The van der Waals surface area contributed by atoms with E-state index in [2.05, 4.69) is 10.3 Å². The third-order valence-electron chi connectivity index (χ3n) is 6.10.